The zero-order chi connectivity index (χ0) is 14.3. The third-order valence-electron chi connectivity index (χ3n) is 4.22. The van der Waals surface area contributed by atoms with E-state index in [0.717, 1.165) is 37.1 Å². The normalized spacial score (nSPS) is 16.9. The summed E-state index contributed by atoms with van der Waals surface area (Å²) in [5, 5.41) is 1.00. The van der Waals surface area contributed by atoms with Gasteiger partial charge in [0.1, 0.15) is 17.2 Å². The van der Waals surface area contributed by atoms with E-state index < -0.39 is 0 Å². The minimum Gasteiger partial charge on any atom is -0.461 e. The lowest BCUT2D eigenvalue weighted by atomic mass is 9.87. The van der Waals surface area contributed by atoms with Gasteiger partial charge in [0.25, 0.3) is 0 Å². The number of amides is 1. The lowest BCUT2D eigenvalue weighted by Crippen LogP contribution is -2.36. The van der Waals surface area contributed by atoms with E-state index >= 15 is 0 Å². The Hall–Kier alpha value is -1.84. The molecule has 2 aromatic rings. The van der Waals surface area contributed by atoms with Crippen LogP contribution in [0.5, 0.6) is 0 Å². The molecule has 20 heavy (non-hydrogen) atoms. The van der Waals surface area contributed by atoms with Gasteiger partial charge >= 0.3 is 0 Å². The Morgan fingerprint density at radius 1 is 1.35 bits per heavy atom. The third kappa shape index (κ3) is 2.19. The van der Waals surface area contributed by atoms with E-state index in [4.69, 9.17) is 4.42 Å². The maximum Gasteiger partial charge on any atom is 0.219 e. The van der Waals surface area contributed by atoms with Crippen LogP contribution < -0.4 is 0 Å². The van der Waals surface area contributed by atoms with Gasteiger partial charge < -0.3 is 9.32 Å². The highest BCUT2D eigenvalue weighted by Gasteiger charge is 2.26. The van der Waals surface area contributed by atoms with Crippen LogP contribution in [-0.2, 0) is 4.79 Å². The number of fused-ring (bicyclic) bond motifs is 1. The molecule has 3 nitrogen and oxygen atoms in total. The number of halogens is 1. The first-order valence-electron chi connectivity index (χ1n) is 7.00. The van der Waals surface area contributed by atoms with Crippen LogP contribution in [0.25, 0.3) is 11.0 Å². The molecule has 1 fully saturated rings. The molecule has 0 N–H and O–H groups in total. The average Bonchev–Trinajstić information content (AvgIpc) is 2.73. The molecular weight excluding hydrogens is 257 g/mol. The predicted molar refractivity (Wildman–Crippen MR) is 75.1 cm³/mol. The van der Waals surface area contributed by atoms with Gasteiger partial charge in [-0.3, -0.25) is 4.79 Å². The molecule has 1 saturated heterocycles. The number of benzene rings is 1. The second-order valence-corrected chi connectivity index (χ2v) is 5.49. The van der Waals surface area contributed by atoms with E-state index in [2.05, 4.69) is 0 Å². The van der Waals surface area contributed by atoms with Gasteiger partial charge in [0.2, 0.25) is 5.91 Å². The Bertz CT molecular complexity index is 654. The Morgan fingerprint density at radius 3 is 2.70 bits per heavy atom. The zero-order valence-electron chi connectivity index (χ0n) is 11.8. The molecule has 1 aliphatic rings. The minimum absolute atomic E-state index is 0.138. The van der Waals surface area contributed by atoms with Crippen LogP contribution in [0.3, 0.4) is 0 Å². The maximum absolute atomic E-state index is 13.3. The fourth-order valence-corrected chi connectivity index (χ4v) is 3.20. The molecule has 0 atom stereocenters. The number of furan rings is 1. The number of rotatable bonds is 1. The fraction of sp³-hybridized carbons (Fsp3) is 0.438. The molecule has 0 radical (unpaired) electrons. The summed E-state index contributed by atoms with van der Waals surface area (Å²) < 4.78 is 18.9. The summed E-state index contributed by atoms with van der Waals surface area (Å²) in [4.78, 5) is 13.3. The first-order chi connectivity index (χ1) is 9.56. The Kier molecular flexibility index (Phi) is 3.24. The van der Waals surface area contributed by atoms with Gasteiger partial charge in [-0.25, -0.2) is 4.39 Å². The van der Waals surface area contributed by atoms with Crippen molar-refractivity contribution in [2.45, 2.75) is 32.6 Å². The fourth-order valence-electron chi connectivity index (χ4n) is 3.20. The van der Waals surface area contributed by atoms with Crippen LogP contribution in [0.1, 0.15) is 37.0 Å². The summed E-state index contributed by atoms with van der Waals surface area (Å²) in [6.07, 6.45) is 1.87. The molecule has 0 unspecified atom stereocenters. The molecule has 0 spiro atoms. The van der Waals surface area contributed by atoms with Crippen LogP contribution in [-0.4, -0.2) is 23.9 Å². The molecule has 0 bridgehead atoms. The van der Waals surface area contributed by atoms with Crippen molar-refractivity contribution in [1.29, 1.82) is 0 Å². The molecule has 2 heterocycles. The number of aryl methyl sites for hydroxylation is 1. The van der Waals surface area contributed by atoms with Crippen LogP contribution in [0.2, 0.25) is 0 Å². The van der Waals surface area contributed by atoms with Crippen molar-refractivity contribution in [3.05, 3.63) is 35.3 Å². The van der Waals surface area contributed by atoms with Crippen molar-refractivity contribution < 1.29 is 13.6 Å². The van der Waals surface area contributed by atoms with Gasteiger partial charge in [-0.1, -0.05) is 0 Å². The smallest absolute Gasteiger partial charge is 0.219 e. The summed E-state index contributed by atoms with van der Waals surface area (Å²) in [5.41, 5.74) is 1.80. The molecule has 106 valence electrons. The number of carbonyl (C=O) groups excluding carboxylic acids is 1. The first-order valence-corrected chi connectivity index (χ1v) is 7.00. The van der Waals surface area contributed by atoms with Crippen molar-refractivity contribution >= 4 is 16.9 Å². The quantitative estimate of drug-likeness (QED) is 0.796. The second-order valence-electron chi connectivity index (χ2n) is 5.49. The number of hydrogen-bond donors (Lipinski definition) is 0. The second kappa shape index (κ2) is 4.93. The SMILES string of the molecule is CC(=O)N1CCC(c2c(C)oc3cc(F)ccc23)CC1. The summed E-state index contributed by atoms with van der Waals surface area (Å²) in [7, 11) is 0. The van der Waals surface area contributed by atoms with Crippen molar-refractivity contribution in [2.75, 3.05) is 13.1 Å². The van der Waals surface area contributed by atoms with Crippen molar-refractivity contribution in [3.63, 3.8) is 0 Å². The number of carbonyl (C=O) groups is 1. The number of piperidine rings is 1. The standard InChI is InChI=1S/C16H18FNO2/c1-10-16(12-5-7-18(8-6-12)11(2)19)14-4-3-13(17)9-15(14)20-10/h3-4,9,12H,5-8H2,1-2H3. The van der Waals surface area contributed by atoms with Crippen LogP contribution in [0.15, 0.2) is 22.6 Å². The van der Waals surface area contributed by atoms with E-state index in [1.54, 1.807) is 13.0 Å². The monoisotopic (exact) mass is 275 g/mol. The summed E-state index contributed by atoms with van der Waals surface area (Å²) in [5.74, 6) is 1.12. The van der Waals surface area contributed by atoms with Gasteiger partial charge in [-0.2, -0.15) is 0 Å². The van der Waals surface area contributed by atoms with Crippen molar-refractivity contribution in [2.24, 2.45) is 0 Å². The van der Waals surface area contributed by atoms with Crippen LogP contribution in [0, 0.1) is 12.7 Å². The zero-order valence-corrected chi connectivity index (χ0v) is 11.8. The van der Waals surface area contributed by atoms with Crippen LogP contribution >= 0.6 is 0 Å². The Balaban J connectivity index is 1.91. The molecular formula is C16H18FNO2. The predicted octanol–water partition coefficient (Wildman–Crippen LogP) is 3.61. The average molecular weight is 275 g/mol. The maximum atomic E-state index is 13.3. The summed E-state index contributed by atoms with van der Waals surface area (Å²) in [6.45, 7) is 5.12. The van der Waals surface area contributed by atoms with E-state index in [1.165, 1.54) is 17.7 Å². The van der Waals surface area contributed by atoms with Crippen molar-refractivity contribution in [3.8, 4) is 0 Å². The van der Waals surface area contributed by atoms with E-state index in [0.29, 0.717) is 11.5 Å². The lowest BCUT2D eigenvalue weighted by Gasteiger charge is -2.31. The highest BCUT2D eigenvalue weighted by atomic mass is 19.1. The molecule has 0 aliphatic carbocycles. The number of hydrogen-bond acceptors (Lipinski definition) is 2. The summed E-state index contributed by atoms with van der Waals surface area (Å²) >= 11 is 0. The topological polar surface area (TPSA) is 33.5 Å². The highest BCUT2D eigenvalue weighted by molar-refractivity contribution is 5.83. The molecule has 1 aromatic heterocycles. The molecule has 4 heteroatoms. The molecule has 0 saturated carbocycles. The Morgan fingerprint density at radius 2 is 2.05 bits per heavy atom. The van der Waals surface area contributed by atoms with E-state index in [-0.39, 0.29) is 11.7 Å². The summed E-state index contributed by atoms with van der Waals surface area (Å²) in [6, 6.07) is 4.72. The molecule has 1 aliphatic heterocycles. The number of nitrogens with zero attached hydrogens (tertiary/aromatic N) is 1. The van der Waals surface area contributed by atoms with Gasteiger partial charge in [-0.15, -0.1) is 0 Å². The lowest BCUT2D eigenvalue weighted by molar-refractivity contribution is -0.129. The van der Waals surface area contributed by atoms with Gasteiger partial charge in [0.05, 0.1) is 0 Å². The van der Waals surface area contributed by atoms with Crippen molar-refractivity contribution in [1.82, 2.24) is 4.90 Å². The largest absolute Gasteiger partial charge is 0.461 e. The van der Waals surface area contributed by atoms with Gasteiger partial charge in [0, 0.05) is 37.0 Å². The molecule has 3 rings (SSSR count). The van der Waals surface area contributed by atoms with E-state index in [9.17, 15) is 9.18 Å². The van der Waals surface area contributed by atoms with Crippen LogP contribution in [0.4, 0.5) is 4.39 Å². The van der Waals surface area contributed by atoms with E-state index in [1.807, 2.05) is 11.8 Å². The van der Waals surface area contributed by atoms with Gasteiger partial charge in [0.15, 0.2) is 0 Å². The first kappa shape index (κ1) is 13.2. The number of likely N-dealkylation sites (tertiary alicyclic amines) is 1. The highest BCUT2D eigenvalue weighted by Crippen LogP contribution is 2.37. The Labute approximate surface area is 117 Å². The van der Waals surface area contributed by atoms with Gasteiger partial charge in [-0.05, 0) is 37.8 Å². The minimum atomic E-state index is -0.274. The molecule has 1 aromatic carbocycles. The third-order valence-corrected chi connectivity index (χ3v) is 4.22. The molecule has 1 amide bonds.